The number of carbonyl (C=O) groups is 1. The fourth-order valence-corrected chi connectivity index (χ4v) is 3.38. The van der Waals surface area contributed by atoms with E-state index in [4.69, 9.17) is 5.73 Å². The maximum absolute atomic E-state index is 11.1. The van der Waals surface area contributed by atoms with Crippen molar-refractivity contribution in [3.63, 3.8) is 0 Å². The highest BCUT2D eigenvalue weighted by Gasteiger charge is 2.10. The predicted octanol–water partition coefficient (Wildman–Crippen LogP) is 3.40. The van der Waals surface area contributed by atoms with Crippen molar-refractivity contribution in [2.45, 2.75) is 37.1 Å². The van der Waals surface area contributed by atoms with Crippen LogP contribution in [-0.2, 0) is 12.2 Å². The molecule has 2 N–H and O–H groups in total. The standard InChI is InChI=1S/C19H21N5OS/c1-2-3-4-14-7-11-17(12-8-14)24-19(21-22-23-24)26-13-15-5-9-16(10-6-15)18(20)25/h5-12H,2-4,13H2,1H3,(H2,20,25). The number of primary amides is 1. The summed E-state index contributed by atoms with van der Waals surface area (Å²) in [4.78, 5) is 11.1. The number of rotatable bonds is 8. The molecule has 0 bridgehead atoms. The molecule has 2 aromatic carbocycles. The molecule has 1 heterocycles. The summed E-state index contributed by atoms with van der Waals surface area (Å²) >= 11 is 1.54. The predicted molar refractivity (Wildman–Crippen MR) is 102 cm³/mol. The molecule has 3 rings (SSSR count). The Balaban J connectivity index is 1.67. The first-order chi connectivity index (χ1) is 12.7. The van der Waals surface area contributed by atoms with Gasteiger partial charge in [-0.1, -0.05) is 49.4 Å². The van der Waals surface area contributed by atoms with Crippen LogP contribution in [0, 0.1) is 0 Å². The monoisotopic (exact) mass is 367 g/mol. The SMILES string of the molecule is CCCCc1ccc(-n2nnnc2SCc2ccc(C(N)=O)cc2)cc1. The lowest BCUT2D eigenvalue weighted by Gasteiger charge is -2.06. The summed E-state index contributed by atoms with van der Waals surface area (Å²) in [6.45, 7) is 2.19. The molecule has 0 saturated carbocycles. The van der Waals surface area contributed by atoms with Gasteiger partial charge in [-0.2, -0.15) is 4.68 Å². The number of hydrogen-bond acceptors (Lipinski definition) is 5. The van der Waals surface area contributed by atoms with E-state index < -0.39 is 5.91 Å². The van der Waals surface area contributed by atoms with Gasteiger partial charge >= 0.3 is 0 Å². The van der Waals surface area contributed by atoms with Crippen molar-refractivity contribution < 1.29 is 4.79 Å². The van der Waals surface area contributed by atoms with Gasteiger partial charge in [-0.05, 0) is 58.7 Å². The number of tetrazole rings is 1. The van der Waals surface area contributed by atoms with E-state index in [9.17, 15) is 4.79 Å². The molecule has 1 amide bonds. The molecule has 1 aromatic heterocycles. The molecule has 0 aliphatic carbocycles. The summed E-state index contributed by atoms with van der Waals surface area (Å²) in [6, 6.07) is 15.6. The first-order valence-corrected chi connectivity index (χ1v) is 9.55. The van der Waals surface area contributed by atoms with Crippen molar-refractivity contribution in [1.29, 1.82) is 0 Å². The van der Waals surface area contributed by atoms with E-state index in [1.165, 1.54) is 18.4 Å². The summed E-state index contributed by atoms with van der Waals surface area (Å²) in [5, 5.41) is 12.7. The minimum absolute atomic E-state index is 0.421. The largest absolute Gasteiger partial charge is 0.366 e. The summed E-state index contributed by atoms with van der Waals surface area (Å²) in [6.07, 6.45) is 3.48. The van der Waals surface area contributed by atoms with Crippen LogP contribution in [0.5, 0.6) is 0 Å². The molecule has 0 aliphatic rings. The Hall–Kier alpha value is -2.67. The molecule has 3 aromatic rings. The Morgan fingerprint density at radius 1 is 1.08 bits per heavy atom. The van der Waals surface area contributed by atoms with E-state index in [0.717, 1.165) is 22.8 Å². The van der Waals surface area contributed by atoms with Gasteiger partial charge in [0.25, 0.3) is 0 Å². The normalized spacial score (nSPS) is 10.8. The zero-order valence-electron chi connectivity index (χ0n) is 14.6. The number of nitrogens with two attached hydrogens (primary N) is 1. The summed E-state index contributed by atoms with van der Waals surface area (Å²) < 4.78 is 1.74. The topological polar surface area (TPSA) is 86.7 Å². The molecule has 0 saturated heterocycles. The zero-order valence-corrected chi connectivity index (χ0v) is 15.4. The van der Waals surface area contributed by atoms with E-state index in [0.29, 0.717) is 11.3 Å². The molecule has 0 fully saturated rings. The fraction of sp³-hybridized carbons (Fsp3) is 0.263. The van der Waals surface area contributed by atoms with E-state index in [1.807, 2.05) is 24.3 Å². The van der Waals surface area contributed by atoms with E-state index in [1.54, 1.807) is 28.6 Å². The Morgan fingerprint density at radius 3 is 2.42 bits per heavy atom. The number of carbonyl (C=O) groups excluding carboxylic acids is 1. The van der Waals surface area contributed by atoms with Crippen LogP contribution in [0.3, 0.4) is 0 Å². The number of aryl methyl sites for hydroxylation is 1. The van der Waals surface area contributed by atoms with Crippen molar-refractivity contribution in [3.8, 4) is 5.69 Å². The van der Waals surface area contributed by atoms with Gasteiger partial charge in [-0.15, -0.1) is 5.10 Å². The number of unbranched alkanes of at least 4 members (excludes halogenated alkanes) is 1. The van der Waals surface area contributed by atoms with Crippen molar-refractivity contribution >= 4 is 17.7 Å². The molecule has 134 valence electrons. The third-order valence-corrected chi connectivity index (χ3v) is 5.04. The molecule has 26 heavy (non-hydrogen) atoms. The van der Waals surface area contributed by atoms with Gasteiger partial charge in [-0.25, -0.2) is 0 Å². The lowest BCUT2D eigenvalue weighted by atomic mass is 10.1. The average molecular weight is 367 g/mol. The highest BCUT2D eigenvalue weighted by Crippen LogP contribution is 2.23. The second-order valence-electron chi connectivity index (χ2n) is 5.99. The second-order valence-corrected chi connectivity index (χ2v) is 6.94. The van der Waals surface area contributed by atoms with Crippen molar-refractivity contribution in [1.82, 2.24) is 20.2 Å². The van der Waals surface area contributed by atoms with Crippen LogP contribution in [-0.4, -0.2) is 26.1 Å². The van der Waals surface area contributed by atoms with Gasteiger partial charge in [-0.3, -0.25) is 4.79 Å². The smallest absolute Gasteiger partial charge is 0.248 e. The summed E-state index contributed by atoms with van der Waals surface area (Å²) in [7, 11) is 0. The molecule has 6 nitrogen and oxygen atoms in total. The number of benzene rings is 2. The van der Waals surface area contributed by atoms with Gasteiger partial charge in [0, 0.05) is 11.3 Å². The minimum atomic E-state index is -0.421. The molecule has 0 spiro atoms. The summed E-state index contributed by atoms with van der Waals surface area (Å²) in [5.41, 5.74) is 9.11. The maximum Gasteiger partial charge on any atom is 0.248 e. The van der Waals surface area contributed by atoms with Crippen LogP contribution in [0.4, 0.5) is 0 Å². The number of amides is 1. The number of thioether (sulfide) groups is 1. The van der Waals surface area contributed by atoms with Gasteiger partial charge in [0.15, 0.2) is 0 Å². The van der Waals surface area contributed by atoms with E-state index in [-0.39, 0.29) is 0 Å². The number of aromatic nitrogens is 4. The second kappa shape index (κ2) is 8.62. The molecular formula is C19H21N5OS. The average Bonchev–Trinajstić information content (AvgIpc) is 3.14. The van der Waals surface area contributed by atoms with Gasteiger partial charge in [0.1, 0.15) is 0 Å². The first kappa shape index (κ1) is 18.1. The molecule has 7 heteroatoms. The third kappa shape index (κ3) is 4.49. The Morgan fingerprint density at radius 2 is 1.77 bits per heavy atom. The first-order valence-electron chi connectivity index (χ1n) is 8.56. The van der Waals surface area contributed by atoms with Crippen molar-refractivity contribution in [2.75, 3.05) is 0 Å². The Bertz CT molecular complexity index is 858. The van der Waals surface area contributed by atoms with Gasteiger partial charge in [0.2, 0.25) is 11.1 Å². The van der Waals surface area contributed by atoms with Gasteiger partial charge < -0.3 is 5.73 Å². The highest BCUT2D eigenvalue weighted by atomic mass is 32.2. The van der Waals surface area contributed by atoms with Gasteiger partial charge in [0.05, 0.1) is 5.69 Å². The zero-order chi connectivity index (χ0) is 18.4. The third-order valence-electron chi connectivity index (χ3n) is 4.05. The molecule has 0 atom stereocenters. The van der Waals surface area contributed by atoms with Crippen LogP contribution in [0.2, 0.25) is 0 Å². The Labute approximate surface area is 156 Å². The van der Waals surface area contributed by atoms with E-state index >= 15 is 0 Å². The number of hydrogen-bond donors (Lipinski definition) is 1. The lowest BCUT2D eigenvalue weighted by molar-refractivity contribution is 0.100. The maximum atomic E-state index is 11.1. The minimum Gasteiger partial charge on any atom is -0.366 e. The quantitative estimate of drug-likeness (QED) is 0.617. The van der Waals surface area contributed by atoms with Crippen LogP contribution in [0.25, 0.3) is 5.69 Å². The van der Waals surface area contributed by atoms with E-state index in [2.05, 4.69) is 34.6 Å². The Kier molecular flexibility index (Phi) is 6.01. The van der Waals surface area contributed by atoms with Crippen LogP contribution in [0.15, 0.2) is 53.7 Å². The van der Waals surface area contributed by atoms with Crippen LogP contribution in [0.1, 0.15) is 41.3 Å². The molecule has 0 radical (unpaired) electrons. The van der Waals surface area contributed by atoms with Crippen LogP contribution < -0.4 is 5.73 Å². The fourth-order valence-electron chi connectivity index (χ4n) is 2.53. The molecular weight excluding hydrogens is 346 g/mol. The van der Waals surface area contributed by atoms with Crippen molar-refractivity contribution in [3.05, 3.63) is 65.2 Å². The number of nitrogens with zero attached hydrogens (tertiary/aromatic N) is 4. The highest BCUT2D eigenvalue weighted by molar-refractivity contribution is 7.98. The van der Waals surface area contributed by atoms with Crippen molar-refractivity contribution in [2.24, 2.45) is 5.73 Å². The lowest BCUT2D eigenvalue weighted by Crippen LogP contribution is -2.10. The summed E-state index contributed by atoms with van der Waals surface area (Å²) in [5.74, 6) is 0.282. The molecule has 0 aliphatic heterocycles. The molecule has 0 unspecified atom stereocenters. The van der Waals surface area contributed by atoms with Crippen LogP contribution >= 0.6 is 11.8 Å².